The van der Waals surface area contributed by atoms with Crippen LogP contribution >= 0.6 is 0 Å². The van der Waals surface area contributed by atoms with Gasteiger partial charge in [-0.05, 0) is 19.1 Å². The predicted molar refractivity (Wildman–Crippen MR) is 71.3 cm³/mol. The summed E-state index contributed by atoms with van der Waals surface area (Å²) in [4.78, 5) is 15.9. The summed E-state index contributed by atoms with van der Waals surface area (Å²) in [5.74, 6) is -0.180. The van der Waals surface area contributed by atoms with E-state index in [4.69, 9.17) is 0 Å². The Morgan fingerprint density at radius 2 is 2.11 bits per heavy atom. The molecule has 96 valence electrons. The summed E-state index contributed by atoms with van der Waals surface area (Å²) in [7, 11) is 0. The second kappa shape index (κ2) is 6.39. The normalized spacial score (nSPS) is 10.6. The first-order chi connectivity index (χ1) is 9.24. The topological polar surface area (TPSA) is 58.2 Å². The lowest BCUT2D eigenvalue weighted by Crippen LogP contribution is -2.40. The highest BCUT2D eigenvalue weighted by Gasteiger charge is 2.06. The SMILES string of the molecule is Cc1cccc(/C=N/NC(=O)C[n+]2ccccc2)n1. The number of hydrogen-bond donors (Lipinski definition) is 1. The van der Waals surface area contributed by atoms with Gasteiger partial charge in [0.05, 0.1) is 11.9 Å². The van der Waals surface area contributed by atoms with Crippen molar-refractivity contribution >= 4 is 12.1 Å². The summed E-state index contributed by atoms with van der Waals surface area (Å²) in [6, 6.07) is 11.3. The fourth-order valence-electron chi connectivity index (χ4n) is 1.55. The van der Waals surface area contributed by atoms with Crippen molar-refractivity contribution in [3.8, 4) is 0 Å². The Morgan fingerprint density at radius 3 is 2.84 bits per heavy atom. The van der Waals surface area contributed by atoms with Gasteiger partial charge in [-0.2, -0.15) is 9.67 Å². The van der Waals surface area contributed by atoms with E-state index in [1.54, 1.807) is 4.57 Å². The molecule has 0 aliphatic rings. The third-order valence-corrected chi connectivity index (χ3v) is 2.40. The predicted octanol–water partition coefficient (Wildman–Crippen LogP) is 0.828. The second-order valence-corrected chi connectivity index (χ2v) is 4.04. The van der Waals surface area contributed by atoms with E-state index in [-0.39, 0.29) is 12.5 Å². The molecule has 0 radical (unpaired) electrons. The molecule has 0 spiro atoms. The summed E-state index contributed by atoms with van der Waals surface area (Å²) in [5.41, 5.74) is 4.10. The number of hydrazone groups is 1. The molecule has 5 nitrogen and oxygen atoms in total. The van der Waals surface area contributed by atoms with Crippen molar-refractivity contribution in [3.05, 3.63) is 60.2 Å². The van der Waals surface area contributed by atoms with Crippen LogP contribution in [0.2, 0.25) is 0 Å². The van der Waals surface area contributed by atoms with Crippen LogP contribution in [0, 0.1) is 6.92 Å². The van der Waals surface area contributed by atoms with Gasteiger partial charge in [0.15, 0.2) is 12.4 Å². The minimum Gasteiger partial charge on any atom is -0.266 e. The van der Waals surface area contributed by atoms with Crippen molar-refractivity contribution in [2.75, 3.05) is 0 Å². The number of hydrogen-bond acceptors (Lipinski definition) is 3. The average Bonchev–Trinajstić information content (AvgIpc) is 2.40. The molecular weight excluding hydrogens is 240 g/mol. The lowest BCUT2D eigenvalue weighted by molar-refractivity contribution is -0.684. The van der Waals surface area contributed by atoms with Gasteiger partial charge in [-0.25, -0.2) is 5.43 Å². The monoisotopic (exact) mass is 255 g/mol. The fourth-order valence-corrected chi connectivity index (χ4v) is 1.55. The first-order valence-corrected chi connectivity index (χ1v) is 5.94. The van der Waals surface area contributed by atoms with Gasteiger partial charge in [0.2, 0.25) is 6.54 Å². The number of carbonyl (C=O) groups excluding carboxylic acids is 1. The summed E-state index contributed by atoms with van der Waals surface area (Å²) in [5, 5.41) is 3.88. The number of carbonyl (C=O) groups is 1. The molecule has 19 heavy (non-hydrogen) atoms. The molecule has 0 unspecified atom stereocenters. The lowest BCUT2D eigenvalue weighted by atomic mass is 10.3. The average molecular weight is 255 g/mol. The van der Waals surface area contributed by atoms with E-state index >= 15 is 0 Å². The summed E-state index contributed by atoms with van der Waals surface area (Å²) >= 11 is 0. The molecule has 0 fully saturated rings. The van der Waals surface area contributed by atoms with E-state index < -0.39 is 0 Å². The number of nitrogens with zero attached hydrogens (tertiary/aromatic N) is 3. The number of aryl methyl sites for hydroxylation is 1. The smallest absolute Gasteiger partial charge is 0.266 e. The lowest BCUT2D eigenvalue weighted by Gasteiger charge is -1.97. The first-order valence-electron chi connectivity index (χ1n) is 5.94. The third kappa shape index (κ3) is 4.31. The standard InChI is InChI=1S/C14H14N4O/c1-12-6-5-7-13(16-12)10-15-17-14(19)11-18-8-3-2-4-9-18/h2-10H,11H2,1H3/p+1. The highest BCUT2D eigenvalue weighted by atomic mass is 16.2. The van der Waals surface area contributed by atoms with Crippen LogP contribution in [-0.4, -0.2) is 17.1 Å². The zero-order chi connectivity index (χ0) is 13.5. The molecule has 0 saturated carbocycles. The molecule has 1 N–H and O–H groups in total. The van der Waals surface area contributed by atoms with Gasteiger partial charge >= 0.3 is 5.91 Å². The van der Waals surface area contributed by atoms with Gasteiger partial charge in [0, 0.05) is 17.8 Å². The zero-order valence-electron chi connectivity index (χ0n) is 10.7. The minimum absolute atomic E-state index is 0.180. The Morgan fingerprint density at radius 1 is 1.32 bits per heavy atom. The third-order valence-electron chi connectivity index (χ3n) is 2.40. The molecule has 1 amide bonds. The maximum Gasteiger partial charge on any atom is 0.305 e. The van der Waals surface area contributed by atoms with Crippen molar-refractivity contribution in [1.29, 1.82) is 0 Å². The van der Waals surface area contributed by atoms with E-state index in [1.165, 1.54) is 6.21 Å². The molecule has 2 aromatic heterocycles. The quantitative estimate of drug-likeness (QED) is 0.500. The van der Waals surface area contributed by atoms with E-state index in [1.807, 2.05) is 55.7 Å². The number of pyridine rings is 2. The Kier molecular flexibility index (Phi) is 4.34. The van der Waals surface area contributed by atoms with Gasteiger partial charge < -0.3 is 0 Å². The van der Waals surface area contributed by atoms with Crippen LogP contribution in [0.5, 0.6) is 0 Å². The fraction of sp³-hybridized carbons (Fsp3) is 0.143. The van der Waals surface area contributed by atoms with Gasteiger partial charge in [-0.15, -0.1) is 0 Å². The van der Waals surface area contributed by atoms with Crippen molar-refractivity contribution in [2.45, 2.75) is 13.5 Å². The molecule has 0 bridgehead atoms. The van der Waals surface area contributed by atoms with E-state index in [9.17, 15) is 4.79 Å². The molecule has 0 atom stereocenters. The van der Waals surface area contributed by atoms with Crippen LogP contribution in [0.15, 0.2) is 53.9 Å². The Bertz CT molecular complexity index is 581. The molecule has 5 heteroatoms. The van der Waals surface area contributed by atoms with Crippen LogP contribution in [0.3, 0.4) is 0 Å². The van der Waals surface area contributed by atoms with Gasteiger partial charge in [-0.3, -0.25) is 9.78 Å². The maximum atomic E-state index is 11.6. The van der Waals surface area contributed by atoms with E-state index in [2.05, 4.69) is 15.5 Å². The minimum atomic E-state index is -0.180. The molecule has 0 saturated heterocycles. The number of rotatable bonds is 4. The van der Waals surface area contributed by atoms with Gasteiger partial charge in [0.25, 0.3) is 0 Å². The van der Waals surface area contributed by atoms with E-state index in [0.29, 0.717) is 5.69 Å². The van der Waals surface area contributed by atoms with Crippen LogP contribution in [0.1, 0.15) is 11.4 Å². The van der Waals surface area contributed by atoms with Crippen molar-refractivity contribution < 1.29 is 9.36 Å². The molecule has 0 aliphatic heterocycles. The largest absolute Gasteiger partial charge is 0.305 e. The molecule has 2 aromatic rings. The van der Waals surface area contributed by atoms with Crippen molar-refractivity contribution in [2.24, 2.45) is 5.10 Å². The Hall–Kier alpha value is -2.56. The van der Waals surface area contributed by atoms with Gasteiger partial charge in [0.1, 0.15) is 0 Å². The van der Waals surface area contributed by atoms with E-state index in [0.717, 1.165) is 5.69 Å². The molecule has 0 aliphatic carbocycles. The van der Waals surface area contributed by atoms with Gasteiger partial charge in [-0.1, -0.05) is 12.1 Å². The molecule has 0 aromatic carbocycles. The highest BCUT2D eigenvalue weighted by Crippen LogP contribution is 1.94. The summed E-state index contributed by atoms with van der Waals surface area (Å²) < 4.78 is 1.77. The van der Waals surface area contributed by atoms with Crippen LogP contribution < -0.4 is 9.99 Å². The second-order valence-electron chi connectivity index (χ2n) is 4.04. The molecule has 2 heterocycles. The van der Waals surface area contributed by atoms with Crippen LogP contribution in [0.25, 0.3) is 0 Å². The van der Waals surface area contributed by atoms with Crippen molar-refractivity contribution in [3.63, 3.8) is 0 Å². The van der Waals surface area contributed by atoms with Crippen LogP contribution in [-0.2, 0) is 11.3 Å². The number of amides is 1. The summed E-state index contributed by atoms with van der Waals surface area (Å²) in [6.07, 6.45) is 5.18. The molecule has 2 rings (SSSR count). The Labute approximate surface area is 111 Å². The Balaban J connectivity index is 1.87. The van der Waals surface area contributed by atoms with Crippen molar-refractivity contribution in [1.82, 2.24) is 10.4 Å². The molecular formula is C14H15N4O+. The summed E-state index contributed by atoms with van der Waals surface area (Å²) in [6.45, 7) is 2.14. The van der Waals surface area contributed by atoms with Crippen LogP contribution in [0.4, 0.5) is 0 Å². The number of aromatic nitrogens is 2. The highest BCUT2D eigenvalue weighted by molar-refractivity contribution is 5.80. The maximum absolute atomic E-state index is 11.6. The zero-order valence-corrected chi connectivity index (χ0v) is 10.7. The number of nitrogens with one attached hydrogen (secondary N) is 1. The first kappa shape index (κ1) is 12.9.